The van der Waals surface area contributed by atoms with Crippen LogP contribution in [0.2, 0.25) is 0 Å². The van der Waals surface area contributed by atoms with E-state index in [2.05, 4.69) is 20.8 Å². The third kappa shape index (κ3) is 4.16. The average Bonchev–Trinajstić information content (AvgIpc) is 3.48. The van der Waals surface area contributed by atoms with Gasteiger partial charge in [-0.15, -0.1) is 10.2 Å². The summed E-state index contributed by atoms with van der Waals surface area (Å²) in [5.74, 6) is 1.10. The van der Waals surface area contributed by atoms with Crippen molar-refractivity contribution in [3.8, 4) is 0 Å². The summed E-state index contributed by atoms with van der Waals surface area (Å²) >= 11 is 0. The Morgan fingerprint density at radius 2 is 1.96 bits per heavy atom. The van der Waals surface area contributed by atoms with Gasteiger partial charge in [-0.25, -0.2) is 0 Å². The maximum Gasteiger partial charge on any atom is 0.272 e. The van der Waals surface area contributed by atoms with Crippen molar-refractivity contribution in [1.82, 2.24) is 20.8 Å². The second kappa shape index (κ2) is 8.41. The molecule has 1 atom stereocenters. The first-order valence-electron chi connectivity index (χ1n) is 9.92. The summed E-state index contributed by atoms with van der Waals surface area (Å²) in [6.07, 6.45) is 7.63. The van der Waals surface area contributed by atoms with Crippen LogP contribution in [-0.2, 0) is 11.3 Å². The Kier molecular flexibility index (Phi) is 5.55. The van der Waals surface area contributed by atoms with E-state index in [0.29, 0.717) is 18.1 Å². The van der Waals surface area contributed by atoms with E-state index < -0.39 is 0 Å². The molecule has 2 amide bonds. The van der Waals surface area contributed by atoms with Crippen LogP contribution in [0.3, 0.4) is 0 Å². The quantitative estimate of drug-likeness (QED) is 0.792. The van der Waals surface area contributed by atoms with E-state index in [1.54, 1.807) is 24.5 Å². The number of nitrogens with one attached hydrogen (secondary N) is 2. The normalized spacial score (nSPS) is 19.7. The molecule has 8 heteroatoms. The first-order valence-corrected chi connectivity index (χ1v) is 9.92. The number of anilines is 1. The topological polar surface area (TPSA) is 100 Å². The van der Waals surface area contributed by atoms with Crippen LogP contribution >= 0.6 is 0 Å². The number of hydrogen-bond acceptors (Lipinski definition) is 6. The van der Waals surface area contributed by atoms with Gasteiger partial charge in [0.25, 0.3) is 5.91 Å². The van der Waals surface area contributed by atoms with Crippen molar-refractivity contribution in [3.05, 3.63) is 42.0 Å². The summed E-state index contributed by atoms with van der Waals surface area (Å²) in [6.45, 7) is 1.10. The summed E-state index contributed by atoms with van der Waals surface area (Å²) in [6, 6.07) is 7.03. The molecule has 0 spiro atoms. The SMILES string of the molecule is O=C(NC1CCCC1)c1ccc(N2CCCC2C(=O)NCc2ccco2)nn1. The van der Waals surface area contributed by atoms with Gasteiger partial charge in [0.1, 0.15) is 11.8 Å². The van der Waals surface area contributed by atoms with E-state index >= 15 is 0 Å². The number of rotatable bonds is 6. The van der Waals surface area contributed by atoms with E-state index in [4.69, 9.17) is 4.42 Å². The second-order valence-electron chi connectivity index (χ2n) is 7.38. The molecule has 1 aliphatic heterocycles. The lowest BCUT2D eigenvalue weighted by atomic mass is 10.2. The molecule has 1 aliphatic carbocycles. The summed E-state index contributed by atoms with van der Waals surface area (Å²) in [7, 11) is 0. The summed E-state index contributed by atoms with van der Waals surface area (Å²) in [5.41, 5.74) is 0.314. The first-order chi connectivity index (χ1) is 13.7. The van der Waals surface area contributed by atoms with E-state index in [1.165, 1.54) is 0 Å². The summed E-state index contributed by atoms with van der Waals surface area (Å²) in [5, 5.41) is 14.2. The van der Waals surface area contributed by atoms with Crippen molar-refractivity contribution in [2.45, 2.75) is 57.2 Å². The van der Waals surface area contributed by atoms with E-state index in [1.807, 2.05) is 11.0 Å². The van der Waals surface area contributed by atoms with Crippen molar-refractivity contribution in [2.75, 3.05) is 11.4 Å². The number of nitrogens with zero attached hydrogens (tertiary/aromatic N) is 3. The van der Waals surface area contributed by atoms with Gasteiger partial charge in [-0.3, -0.25) is 9.59 Å². The minimum Gasteiger partial charge on any atom is -0.467 e. The summed E-state index contributed by atoms with van der Waals surface area (Å²) in [4.78, 5) is 26.8. The third-order valence-corrected chi connectivity index (χ3v) is 5.44. The van der Waals surface area contributed by atoms with Gasteiger partial charge in [-0.1, -0.05) is 12.8 Å². The monoisotopic (exact) mass is 383 g/mol. The lowest BCUT2D eigenvalue weighted by molar-refractivity contribution is -0.122. The molecule has 4 rings (SSSR count). The molecule has 28 heavy (non-hydrogen) atoms. The Hall–Kier alpha value is -2.90. The number of aromatic nitrogens is 2. The second-order valence-corrected chi connectivity index (χ2v) is 7.38. The number of hydrogen-bond donors (Lipinski definition) is 2. The minimum atomic E-state index is -0.289. The fourth-order valence-electron chi connectivity index (χ4n) is 3.95. The lowest BCUT2D eigenvalue weighted by Gasteiger charge is -2.24. The molecule has 1 saturated carbocycles. The van der Waals surface area contributed by atoms with Crippen LogP contribution in [0.4, 0.5) is 5.82 Å². The molecule has 3 heterocycles. The number of furan rings is 1. The Balaban J connectivity index is 1.36. The predicted octanol–water partition coefficient (Wildman–Crippen LogP) is 2.03. The molecule has 0 radical (unpaired) electrons. The molecule has 2 aromatic heterocycles. The van der Waals surface area contributed by atoms with Crippen molar-refractivity contribution < 1.29 is 14.0 Å². The van der Waals surface area contributed by atoms with Crippen LogP contribution in [0.5, 0.6) is 0 Å². The Morgan fingerprint density at radius 3 is 2.68 bits per heavy atom. The molecule has 2 fully saturated rings. The maximum atomic E-state index is 12.6. The standard InChI is InChI=1S/C20H25N5O3/c26-19(22-14-5-1-2-6-14)16-9-10-18(24-23-16)25-11-3-8-17(25)20(27)21-13-15-7-4-12-28-15/h4,7,9-10,12,14,17H,1-3,5-6,8,11,13H2,(H,21,27)(H,22,26). The van der Waals surface area contributed by atoms with Crippen LogP contribution in [0.15, 0.2) is 34.9 Å². The molecule has 8 nitrogen and oxygen atoms in total. The van der Waals surface area contributed by atoms with Crippen molar-refractivity contribution >= 4 is 17.6 Å². The Bertz CT molecular complexity index is 800. The van der Waals surface area contributed by atoms with Crippen molar-refractivity contribution in [1.29, 1.82) is 0 Å². The maximum absolute atomic E-state index is 12.6. The molecule has 1 saturated heterocycles. The molecule has 2 aliphatic rings. The van der Waals surface area contributed by atoms with Crippen molar-refractivity contribution in [3.63, 3.8) is 0 Å². The van der Waals surface area contributed by atoms with Gasteiger partial charge in [-0.05, 0) is 49.9 Å². The largest absolute Gasteiger partial charge is 0.467 e. The number of carbonyl (C=O) groups is 2. The van der Waals surface area contributed by atoms with E-state index in [9.17, 15) is 9.59 Å². The van der Waals surface area contributed by atoms with E-state index in [0.717, 1.165) is 50.8 Å². The fraction of sp³-hybridized carbons (Fsp3) is 0.500. The van der Waals surface area contributed by atoms with Gasteiger partial charge in [0.2, 0.25) is 5.91 Å². The minimum absolute atomic E-state index is 0.0567. The first kappa shape index (κ1) is 18.5. The molecule has 2 aromatic rings. The van der Waals surface area contributed by atoms with Gasteiger partial charge >= 0.3 is 0 Å². The molecule has 0 bridgehead atoms. The highest BCUT2D eigenvalue weighted by Gasteiger charge is 2.32. The zero-order valence-electron chi connectivity index (χ0n) is 15.8. The molecule has 148 valence electrons. The van der Waals surface area contributed by atoms with Gasteiger partial charge in [0, 0.05) is 12.6 Å². The highest BCUT2D eigenvalue weighted by atomic mass is 16.3. The van der Waals surface area contributed by atoms with Gasteiger partial charge in [0.05, 0.1) is 12.8 Å². The summed E-state index contributed by atoms with van der Waals surface area (Å²) < 4.78 is 5.25. The molecule has 2 N–H and O–H groups in total. The van der Waals surface area contributed by atoms with Crippen molar-refractivity contribution in [2.24, 2.45) is 0 Å². The Morgan fingerprint density at radius 1 is 1.11 bits per heavy atom. The van der Waals surface area contributed by atoms with Crippen LogP contribution in [0.25, 0.3) is 0 Å². The van der Waals surface area contributed by atoms with E-state index in [-0.39, 0.29) is 23.9 Å². The van der Waals surface area contributed by atoms with Crippen LogP contribution < -0.4 is 15.5 Å². The van der Waals surface area contributed by atoms with Gasteiger partial charge < -0.3 is 20.0 Å². The molecule has 0 aromatic carbocycles. The third-order valence-electron chi connectivity index (χ3n) is 5.44. The average molecular weight is 383 g/mol. The zero-order valence-corrected chi connectivity index (χ0v) is 15.8. The molecule has 1 unspecified atom stereocenters. The van der Waals surface area contributed by atoms with Gasteiger partial charge in [0.15, 0.2) is 11.5 Å². The Labute approximate surface area is 163 Å². The predicted molar refractivity (Wildman–Crippen MR) is 103 cm³/mol. The smallest absolute Gasteiger partial charge is 0.272 e. The molecular weight excluding hydrogens is 358 g/mol. The molecular formula is C20H25N5O3. The zero-order chi connectivity index (χ0) is 19.3. The number of carbonyl (C=O) groups excluding carboxylic acids is 2. The highest BCUT2D eigenvalue weighted by molar-refractivity contribution is 5.92. The van der Waals surface area contributed by atoms with Crippen LogP contribution in [-0.4, -0.2) is 40.6 Å². The van der Waals surface area contributed by atoms with Gasteiger partial charge in [-0.2, -0.15) is 0 Å². The highest BCUT2D eigenvalue weighted by Crippen LogP contribution is 2.24. The lowest BCUT2D eigenvalue weighted by Crippen LogP contribution is -2.43. The van der Waals surface area contributed by atoms with Crippen LogP contribution in [0, 0.1) is 0 Å². The fourth-order valence-corrected chi connectivity index (χ4v) is 3.95. The number of amides is 2. The van der Waals surface area contributed by atoms with Crippen LogP contribution in [0.1, 0.15) is 54.8 Å².